The van der Waals surface area contributed by atoms with Gasteiger partial charge in [0.15, 0.2) is 0 Å². The molecule has 1 amide bonds. The summed E-state index contributed by atoms with van der Waals surface area (Å²) >= 11 is 0. The Hall–Kier alpha value is -3.38. The normalized spacial score (nSPS) is 14.3. The summed E-state index contributed by atoms with van der Waals surface area (Å²) in [4.78, 5) is 17.0. The van der Waals surface area contributed by atoms with Gasteiger partial charge in [-0.05, 0) is 54.1 Å². The number of hydrogen-bond acceptors (Lipinski definition) is 4. The number of carbonyl (C=O) groups excluding carboxylic acids is 1. The predicted octanol–water partition coefficient (Wildman–Crippen LogP) is 4.58. The van der Waals surface area contributed by atoms with Crippen LogP contribution in [-0.4, -0.2) is 49.0 Å². The number of hydrogen-bond donors (Lipinski definition) is 0. The molecule has 0 atom stereocenters. The van der Waals surface area contributed by atoms with Gasteiger partial charge in [-0.25, -0.2) is 4.39 Å². The average Bonchev–Trinajstić information content (AvgIpc) is 2.81. The fraction of sp³-hybridized carbons (Fsp3) is 0.240. The van der Waals surface area contributed by atoms with E-state index in [1.54, 1.807) is 31.4 Å². The van der Waals surface area contributed by atoms with Gasteiger partial charge in [0.25, 0.3) is 5.91 Å². The first kappa shape index (κ1) is 20.9. The van der Waals surface area contributed by atoms with Gasteiger partial charge in [0.2, 0.25) is 0 Å². The second kappa shape index (κ2) is 9.62. The molecule has 160 valence electrons. The SMILES string of the molecule is COc1cccc(Oc2ccc(C(=O)N3CCN(Cc4ccc(F)cc4)CC3)cc2)c1. The second-order valence-electron chi connectivity index (χ2n) is 7.50. The monoisotopic (exact) mass is 420 g/mol. The van der Waals surface area contributed by atoms with E-state index in [4.69, 9.17) is 9.47 Å². The Bertz CT molecular complexity index is 1010. The summed E-state index contributed by atoms with van der Waals surface area (Å²) in [5.41, 5.74) is 1.72. The Balaban J connectivity index is 1.31. The Morgan fingerprint density at radius 2 is 1.55 bits per heavy atom. The number of halogens is 1. The van der Waals surface area contributed by atoms with Gasteiger partial charge >= 0.3 is 0 Å². The number of carbonyl (C=O) groups is 1. The maximum atomic E-state index is 13.1. The van der Waals surface area contributed by atoms with Crippen molar-refractivity contribution >= 4 is 5.91 Å². The van der Waals surface area contributed by atoms with Crippen LogP contribution in [0.1, 0.15) is 15.9 Å². The molecule has 0 aliphatic carbocycles. The molecule has 1 fully saturated rings. The van der Waals surface area contributed by atoms with Crippen LogP contribution in [0.5, 0.6) is 17.2 Å². The van der Waals surface area contributed by atoms with Gasteiger partial charge in [0, 0.05) is 44.4 Å². The molecule has 0 bridgehead atoms. The first-order chi connectivity index (χ1) is 15.1. The Kier molecular flexibility index (Phi) is 6.48. The molecule has 1 aliphatic heterocycles. The third-order valence-electron chi connectivity index (χ3n) is 5.36. The molecular weight excluding hydrogens is 395 g/mol. The van der Waals surface area contributed by atoms with E-state index < -0.39 is 0 Å². The van der Waals surface area contributed by atoms with Gasteiger partial charge in [-0.1, -0.05) is 18.2 Å². The Labute approximate surface area is 181 Å². The Morgan fingerprint density at radius 1 is 0.871 bits per heavy atom. The lowest BCUT2D eigenvalue weighted by Gasteiger charge is -2.34. The molecule has 5 nitrogen and oxygen atoms in total. The highest BCUT2D eigenvalue weighted by molar-refractivity contribution is 5.94. The average molecular weight is 420 g/mol. The zero-order valence-corrected chi connectivity index (χ0v) is 17.5. The second-order valence-corrected chi connectivity index (χ2v) is 7.50. The smallest absolute Gasteiger partial charge is 0.253 e. The van der Waals surface area contributed by atoms with E-state index in [2.05, 4.69) is 4.90 Å². The van der Waals surface area contributed by atoms with Crippen LogP contribution in [0.4, 0.5) is 4.39 Å². The van der Waals surface area contributed by atoms with Gasteiger partial charge in [0.1, 0.15) is 23.1 Å². The highest BCUT2D eigenvalue weighted by Crippen LogP contribution is 2.25. The summed E-state index contributed by atoms with van der Waals surface area (Å²) in [7, 11) is 1.61. The topological polar surface area (TPSA) is 42.0 Å². The molecule has 3 aromatic carbocycles. The molecule has 3 aromatic rings. The summed E-state index contributed by atoms with van der Waals surface area (Å²) < 4.78 is 24.1. The van der Waals surface area contributed by atoms with Crippen molar-refractivity contribution in [2.45, 2.75) is 6.54 Å². The third kappa shape index (κ3) is 5.41. The van der Waals surface area contributed by atoms with E-state index in [0.717, 1.165) is 30.9 Å². The lowest BCUT2D eigenvalue weighted by Crippen LogP contribution is -2.48. The summed E-state index contributed by atoms with van der Waals surface area (Å²) in [6.07, 6.45) is 0. The molecule has 1 aliphatic rings. The maximum absolute atomic E-state index is 13.1. The van der Waals surface area contributed by atoms with Crippen LogP contribution in [0.3, 0.4) is 0 Å². The number of piperazine rings is 1. The van der Waals surface area contributed by atoms with Gasteiger partial charge < -0.3 is 14.4 Å². The fourth-order valence-electron chi connectivity index (χ4n) is 3.61. The summed E-state index contributed by atoms with van der Waals surface area (Å²) in [6.45, 7) is 3.68. The minimum Gasteiger partial charge on any atom is -0.497 e. The van der Waals surface area contributed by atoms with E-state index in [-0.39, 0.29) is 11.7 Å². The van der Waals surface area contributed by atoms with Crippen LogP contribution < -0.4 is 9.47 Å². The van der Waals surface area contributed by atoms with E-state index in [9.17, 15) is 9.18 Å². The molecule has 1 saturated heterocycles. The quantitative estimate of drug-likeness (QED) is 0.585. The van der Waals surface area contributed by atoms with Crippen LogP contribution >= 0.6 is 0 Å². The molecule has 0 spiro atoms. The molecule has 0 aromatic heterocycles. The van der Waals surface area contributed by atoms with Crippen molar-refractivity contribution in [1.29, 1.82) is 0 Å². The van der Waals surface area contributed by atoms with E-state index in [1.807, 2.05) is 41.3 Å². The van der Waals surface area contributed by atoms with Crippen molar-refractivity contribution in [2.75, 3.05) is 33.3 Å². The highest BCUT2D eigenvalue weighted by Gasteiger charge is 2.22. The molecular formula is C25H25FN2O3. The highest BCUT2D eigenvalue weighted by atomic mass is 19.1. The van der Waals surface area contributed by atoms with Crippen LogP contribution in [0.2, 0.25) is 0 Å². The van der Waals surface area contributed by atoms with Crippen LogP contribution in [0, 0.1) is 5.82 Å². The fourth-order valence-corrected chi connectivity index (χ4v) is 3.61. The summed E-state index contributed by atoms with van der Waals surface area (Å²) in [6, 6.07) is 21.2. The molecule has 0 radical (unpaired) electrons. The number of nitrogens with zero attached hydrogens (tertiary/aromatic N) is 2. The van der Waals surface area contributed by atoms with Gasteiger partial charge in [-0.3, -0.25) is 9.69 Å². The van der Waals surface area contributed by atoms with Gasteiger partial charge in [0.05, 0.1) is 7.11 Å². The first-order valence-electron chi connectivity index (χ1n) is 10.3. The van der Waals surface area contributed by atoms with Crippen LogP contribution in [0.25, 0.3) is 0 Å². The molecule has 6 heteroatoms. The van der Waals surface area contributed by atoms with E-state index in [0.29, 0.717) is 30.2 Å². The van der Waals surface area contributed by atoms with Gasteiger partial charge in [-0.15, -0.1) is 0 Å². The number of rotatable bonds is 6. The van der Waals surface area contributed by atoms with Crippen molar-refractivity contribution < 1.29 is 18.7 Å². The van der Waals surface area contributed by atoms with Crippen molar-refractivity contribution in [3.8, 4) is 17.2 Å². The first-order valence-corrected chi connectivity index (χ1v) is 10.3. The zero-order valence-electron chi connectivity index (χ0n) is 17.5. The number of ether oxygens (including phenoxy) is 2. The number of benzene rings is 3. The molecule has 31 heavy (non-hydrogen) atoms. The zero-order chi connectivity index (χ0) is 21.6. The van der Waals surface area contributed by atoms with Crippen molar-refractivity contribution in [2.24, 2.45) is 0 Å². The van der Waals surface area contributed by atoms with Crippen molar-refractivity contribution in [3.63, 3.8) is 0 Å². The molecule has 0 saturated carbocycles. The lowest BCUT2D eigenvalue weighted by atomic mass is 10.1. The molecule has 0 N–H and O–H groups in total. The molecule has 1 heterocycles. The molecule has 0 unspecified atom stereocenters. The summed E-state index contributed by atoms with van der Waals surface area (Å²) in [5.74, 6) is 1.86. The number of methoxy groups -OCH3 is 1. The van der Waals surface area contributed by atoms with Gasteiger partial charge in [-0.2, -0.15) is 0 Å². The van der Waals surface area contributed by atoms with Crippen molar-refractivity contribution in [3.05, 3.63) is 89.7 Å². The standard InChI is InChI=1S/C25H25FN2O3/c1-30-23-3-2-4-24(17-23)31-22-11-7-20(8-12-22)25(29)28-15-13-27(14-16-28)18-19-5-9-21(26)10-6-19/h2-12,17H,13-16,18H2,1H3. The van der Waals surface area contributed by atoms with Crippen molar-refractivity contribution in [1.82, 2.24) is 9.80 Å². The third-order valence-corrected chi connectivity index (χ3v) is 5.36. The van der Waals surface area contributed by atoms with E-state index in [1.165, 1.54) is 12.1 Å². The minimum atomic E-state index is -0.223. The predicted molar refractivity (Wildman–Crippen MR) is 117 cm³/mol. The lowest BCUT2D eigenvalue weighted by molar-refractivity contribution is 0.0628. The molecule has 4 rings (SSSR count). The Morgan fingerprint density at radius 3 is 2.23 bits per heavy atom. The van der Waals surface area contributed by atoms with E-state index >= 15 is 0 Å². The largest absolute Gasteiger partial charge is 0.497 e. The minimum absolute atomic E-state index is 0.0226. The summed E-state index contributed by atoms with van der Waals surface area (Å²) in [5, 5.41) is 0. The van der Waals surface area contributed by atoms with Crippen LogP contribution in [-0.2, 0) is 6.54 Å². The van der Waals surface area contributed by atoms with Crippen LogP contribution in [0.15, 0.2) is 72.8 Å². The number of amides is 1. The maximum Gasteiger partial charge on any atom is 0.253 e.